The molecule has 0 bridgehead atoms. The lowest BCUT2D eigenvalue weighted by Gasteiger charge is -2.15. The number of imidazole rings is 1. The van der Waals surface area contributed by atoms with Crippen molar-refractivity contribution in [2.24, 2.45) is 4.99 Å². The van der Waals surface area contributed by atoms with E-state index in [-0.39, 0.29) is 0 Å². The highest BCUT2D eigenvalue weighted by Crippen LogP contribution is 2.30. The summed E-state index contributed by atoms with van der Waals surface area (Å²) in [6.07, 6.45) is 3.57. The molecule has 0 amide bonds. The third-order valence-electron chi connectivity index (χ3n) is 2.42. The molecule has 0 spiro atoms. The molecule has 1 rings (SSSR count). The van der Waals surface area contributed by atoms with E-state index in [1.165, 1.54) is 0 Å². The van der Waals surface area contributed by atoms with Crippen LogP contribution in [0.15, 0.2) is 11.6 Å². The molecule has 88 valence electrons. The predicted molar refractivity (Wildman–Crippen MR) is 70.6 cm³/mol. The molecule has 3 heteroatoms. The quantitative estimate of drug-likeness (QED) is 0.705. The molecule has 0 atom stereocenters. The monoisotopic (exact) mass is 219 g/mol. The van der Waals surface area contributed by atoms with Crippen molar-refractivity contribution in [3.05, 3.63) is 18.1 Å². The maximum atomic E-state index is 4.60. The second-order valence-corrected chi connectivity index (χ2v) is 4.39. The summed E-state index contributed by atoms with van der Waals surface area (Å²) in [4.78, 5) is 9.01. The molecule has 1 heterocycles. The van der Waals surface area contributed by atoms with E-state index in [9.17, 15) is 0 Å². The van der Waals surface area contributed by atoms with E-state index in [4.69, 9.17) is 0 Å². The van der Waals surface area contributed by atoms with Gasteiger partial charge in [-0.25, -0.2) is 9.98 Å². The molecule has 1 aromatic rings. The first kappa shape index (κ1) is 12.7. The minimum absolute atomic E-state index is 0.359. The van der Waals surface area contributed by atoms with Crippen LogP contribution >= 0.6 is 0 Å². The van der Waals surface area contributed by atoms with Crippen LogP contribution < -0.4 is 0 Å². The summed E-state index contributed by atoms with van der Waals surface area (Å²) < 4.78 is 2.18. The normalized spacial score (nSPS) is 11.9. The van der Waals surface area contributed by atoms with E-state index in [0.29, 0.717) is 12.0 Å². The molecule has 3 nitrogen and oxygen atoms in total. The number of hydrogen-bond donors (Lipinski definition) is 0. The number of aliphatic imine (C=N–C) groups is 1. The van der Waals surface area contributed by atoms with Gasteiger partial charge in [-0.15, -0.1) is 0 Å². The van der Waals surface area contributed by atoms with Gasteiger partial charge in [0.15, 0.2) is 5.82 Å². The molecule has 0 saturated carbocycles. The number of aromatic nitrogens is 2. The van der Waals surface area contributed by atoms with Crippen molar-refractivity contribution in [3.8, 4) is 0 Å². The fourth-order valence-corrected chi connectivity index (χ4v) is 1.76. The first-order valence-corrected chi connectivity index (χ1v) is 5.76. The Morgan fingerprint density at radius 2 is 1.94 bits per heavy atom. The van der Waals surface area contributed by atoms with Crippen LogP contribution in [0.5, 0.6) is 0 Å². The topological polar surface area (TPSA) is 30.2 Å². The maximum Gasteiger partial charge on any atom is 0.159 e. The Morgan fingerprint density at radius 1 is 1.31 bits per heavy atom. The van der Waals surface area contributed by atoms with Crippen molar-refractivity contribution in [2.45, 2.75) is 46.6 Å². The number of hydrogen-bond acceptors (Lipinski definition) is 2. The van der Waals surface area contributed by atoms with Crippen LogP contribution in [0.1, 0.15) is 58.1 Å². The molecular formula is C13H21N3. The zero-order valence-electron chi connectivity index (χ0n) is 10.9. The molecule has 0 radical (unpaired) electrons. The first-order chi connectivity index (χ1) is 7.52. The van der Waals surface area contributed by atoms with E-state index < -0.39 is 0 Å². The number of nitrogens with zero attached hydrogens (tertiary/aromatic N) is 3. The van der Waals surface area contributed by atoms with Gasteiger partial charge < -0.3 is 4.57 Å². The molecule has 16 heavy (non-hydrogen) atoms. The van der Waals surface area contributed by atoms with Crippen molar-refractivity contribution >= 4 is 18.1 Å². The standard InChI is InChI=1S/C13H21N3/c1-7-11-13(14-8-2)16(10(5)6)12(15-11)9(3)4/h7-10H,1H2,2-6H3. The first-order valence-electron chi connectivity index (χ1n) is 5.76. The minimum atomic E-state index is 0.359. The van der Waals surface area contributed by atoms with Gasteiger partial charge in [0.1, 0.15) is 11.5 Å². The van der Waals surface area contributed by atoms with E-state index in [1.807, 2.05) is 6.92 Å². The Labute approximate surface area is 97.9 Å². The van der Waals surface area contributed by atoms with Gasteiger partial charge in [-0.3, -0.25) is 0 Å². The Balaban J connectivity index is 3.47. The van der Waals surface area contributed by atoms with E-state index in [1.54, 1.807) is 12.3 Å². The summed E-state index contributed by atoms with van der Waals surface area (Å²) in [5, 5.41) is 0. The summed E-state index contributed by atoms with van der Waals surface area (Å²) in [6, 6.07) is 0.359. The highest BCUT2D eigenvalue weighted by molar-refractivity contribution is 5.65. The average molecular weight is 219 g/mol. The SMILES string of the molecule is C=Cc1nc(C(C)C)n(C(C)C)c1N=CC. The molecular weight excluding hydrogens is 198 g/mol. The summed E-state index contributed by atoms with van der Waals surface area (Å²) in [5.74, 6) is 2.38. The number of rotatable bonds is 4. The van der Waals surface area contributed by atoms with Crippen molar-refractivity contribution in [2.75, 3.05) is 0 Å². The third kappa shape index (κ3) is 2.23. The summed E-state index contributed by atoms with van der Waals surface area (Å²) >= 11 is 0. The van der Waals surface area contributed by atoms with Crippen LogP contribution in [0.4, 0.5) is 5.82 Å². The van der Waals surface area contributed by atoms with Crippen LogP contribution in [-0.4, -0.2) is 15.8 Å². The van der Waals surface area contributed by atoms with Crippen molar-refractivity contribution in [1.82, 2.24) is 9.55 Å². The van der Waals surface area contributed by atoms with Crippen LogP contribution in [-0.2, 0) is 0 Å². The molecule has 1 aromatic heterocycles. The van der Waals surface area contributed by atoms with Gasteiger partial charge in [-0.2, -0.15) is 0 Å². The molecule has 0 fully saturated rings. The van der Waals surface area contributed by atoms with Crippen molar-refractivity contribution in [1.29, 1.82) is 0 Å². The highest BCUT2D eigenvalue weighted by atomic mass is 15.2. The van der Waals surface area contributed by atoms with Crippen LogP contribution in [0, 0.1) is 0 Å². The fourth-order valence-electron chi connectivity index (χ4n) is 1.76. The van der Waals surface area contributed by atoms with E-state index in [2.05, 4.69) is 48.8 Å². The van der Waals surface area contributed by atoms with Crippen molar-refractivity contribution in [3.63, 3.8) is 0 Å². The summed E-state index contributed by atoms with van der Waals surface area (Å²) in [6.45, 7) is 14.3. The van der Waals surface area contributed by atoms with Crippen LogP contribution in [0.3, 0.4) is 0 Å². The molecule has 0 unspecified atom stereocenters. The Kier molecular flexibility index (Phi) is 4.05. The van der Waals surface area contributed by atoms with Gasteiger partial charge in [-0.05, 0) is 26.8 Å². The van der Waals surface area contributed by atoms with Gasteiger partial charge in [0.2, 0.25) is 0 Å². The molecule has 0 aromatic carbocycles. The summed E-state index contributed by atoms with van der Waals surface area (Å²) in [7, 11) is 0. The zero-order chi connectivity index (χ0) is 12.3. The van der Waals surface area contributed by atoms with Crippen LogP contribution in [0.25, 0.3) is 6.08 Å². The van der Waals surface area contributed by atoms with E-state index >= 15 is 0 Å². The second-order valence-electron chi connectivity index (χ2n) is 4.39. The lowest BCUT2D eigenvalue weighted by atomic mass is 10.2. The minimum Gasteiger partial charge on any atom is -0.310 e. The lowest BCUT2D eigenvalue weighted by Crippen LogP contribution is -2.07. The molecule has 0 aliphatic heterocycles. The second kappa shape index (κ2) is 5.10. The fraction of sp³-hybridized carbons (Fsp3) is 0.538. The predicted octanol–water partition coefficient (Wildman–Crippen LogP) is 3.95. The third-order valence-corrected chi connectivity index (χ3v) is 2.42. The largest absolute Gasteiger partial charge is 0.310 e. The lowest BCUT2D eigenvalue weighted by molar-refractivity contribution is 0.553. The van der Waals surface area contributed by atoms with Crippen LogP contribution in [0.2, 0.25) is 0 Å². The Hall–Kier alpha value is -1.38. The molecule has 0 N–H and O–H groups in total. The average Bonchev–Trinajstić information content (AvgIpc) is 2.57. The highest BCUT2D eigenvalue weighted by Gasteiger charge is 2.18. The smallest absolute Gasteiger partial charge is 0.159 e. The van der Waals surface area contributed by atoms with Gasteiger partial charge in [0.05, 0.1) is 0 Å². The van der Waals surface area contributed by atoms with Gasteiger partial charge in [0, 0.05) is 18.2 Å². The Bertz CT molecular complexity index is 398. The maximum absolute atomic E-state index is 4.60. The summed E-state index contributed by atoms with van der Waals surface area (Å²) in [5.41, 5.74) is 0.871. The van der Waals surface area contributed by atoms with Crippen molar-refractivity contribution < 1.29 is 0 Å². The van der Waals surface area contributed by atoms with Gasteiger partial charge in [-0.1, -0.05) is 20.4 Å². The molecule has 0 aliphatic carbocycles. The zero-order valence-corrected chi connectivity index (χ0v) is 10.9. The Morgan fingerprint density at radius 3 is 2.31 bits per heavy atom. The van der Waals surface area contributed by atoms with Gasteiger partial charge >= 0.3 is 0 Å². The molecule has 0 saturated heterocycles. The van der Waals surface area contributed by atoms with Gasteiger partial charge in [0.25, 0.3) is 0 Å². The van der Waals surface area contributed by atoms with E-state index in [0.717, 1.165) is 17.3 Å². The molecule has 0 aliphatic rings.